The first kappa shape index (κ1) is 14.1. The molecule has 0 bridgehead atoms. The Labute approximate surface area is 138 Å². The van der Waals surface area contributed by atoms with Crippen molar-refractivity contribution in [3.63, 3.8) is 0 Å². The first-order valence-corrected chi connectivity index (χ1v) is 7.55. The average molecular weight is 388 g/mol. The van der Waals surface area contributed by atoms with E-state index in [1.165, 1.54) is 0 Å². The first-order chi connectivity index (χ1) is 9.54. The maximum Gasteiger partial charge on any atom is 0.162 e. The highest BCUT2D eigenvalue weighted by atomic mass is 79.9. The van der Waals surface area contributed by atoms with E-state index in [0.717, 1.165) is 15.4 Å². The van der Waals surface area contributed by atoms with Crippen LogP contribution in [0.2, 0.25) is 15.2 Å². The van der Waals surface area contributed by atoms with Gasteiger partial charge in [-0.1, -0.05) is 50.7 Å². The lowest BCUT2D eigenvalue weighted by atomic mass is 10.2. The SMILES string of the molecule is Clc1ccc2c(Cl)nc(-c3ccc(Br)cc3Cl)nc2c1. The van der Waals surface area contributed by atoms with Crippen LogP contribution in [0.4, 0.5) is 0 Å². The summed E-state index contributed by atoms with van der Waals surface area (Å²) in [5, 5.41) is 2.28. The minimum atomic E-state index is 0.376. The van der Waals surface area contributed by atoms with Crippen LogP contribution in [0.25, 0.3) is 22.3 Å². The van der Waals surface area contributed by atoms with Crippen molar-refractivity contribution in [3.05, 3.63) is 56.1 Å². The Balaban J connectivity index is 2.26. The molecule has 2 nitrogen and oxygen atoms in total. The molecule has 0 unspecified atom stereocenters. The van der Waals surface area contributed by atoms with Gasteiger partial charge in [0.1, 0.15) is 5.15 Å². The monoisotopic (exact) mass is 386 g/mol. The van der Waals surface area contributed by atoms with Gasteiger partial charge >= 0.3 is 0 Å². The molecule has 3 aromatic rings. The van der Waals surface area contributed by atoms with E-state index < -0.39 is 0 Å². The average Bonchev–Trinajstić information content (AvgIpc) is 2.37. The van der Waals surface area contributed by atoms with Crippen molar-refractivity contribution in [2.24, 2.45) is 0 Å². The lowest BCUT2D eigenvalue weighted by Gasteiger charge is -2.07. The highest BCUT2D eigenvalue weighted by Gasteiger charge is 2.11. The summed E-state index contributed by atoms with van der Waals surface area (Å²) < 4.78 is 0.890. The number of fused-ring (bicyclic) bond motifs is 1. The number of benzene rings is 2. The number of aromatic nitrogens is 2. The predicted molar refractivity (Wildman–Crippen MR) is 87.7 cm³/mol. The van der Waals surface area contributed by atoms with E-state index in [1.807, 2.05) is 12.1 Å². The van der Waals surface area contributed by atoms with Crippen LogP contribution in [0.1, 0.15) is 0 Å². The number of rotatable bonds is 1. The van der Waals surface area contributed by atoms with Gasteiger partial charge in [0.2, 0.25) is 0 Å². The molecule has 0 fully saturated rings. The second-order valence-corrected chi connectivity index (χ2v) is 6.24. The molecule has 3 rings (SSSR count). The molecule has 2 aromatic carbocycles. The molecular weight excluding hydrogens is 382 g/mol. The molecule has 0 spiro atoms. The Hall–Kier alpha value is -0.870. The molecule has 0 N–H and O–H groups in total. The Morgan fingerprint density at radius 1 is 0.900 bits per heavy atom. The molecule has 20 heavy (non-hydrogen) atoms. The van der Waals surface area contributed by atoms with E-state index >= 15 is 0 Å². The summed E-state index contributed by atoms with van der Waals surface area (Å²) in [5.74, 6) is 0.474. The summed E-state index contributed by atoms with van der Waals surface area (Å²) >= 11 is 21.8. The summed E-state index contributed by atoms with van der Waals surface area (Å²) in [4.78, 5) is 8.78. The van der Waals surface area contributed by atoms with Crippen molar-refractivity contribution in [1.29, 1.82) is 0 Å². The van der Waals surface area contributed by atoms with Gasteiger partial charge in [-0.25, -0.2) is 9.97 Å². The molecule has 0 saturated heterocycles. The van der Waals surface area contributed by atoms with Crippen LogP contribution in [0, 0.1) is 0 Å². The zero-order valence-corrected chi connectivity index (χ0v) is 13.7. The van der Waals surface area contributed by atoms with Gasteiger partial charge in [0.05, 0.1) is 10.5 Å². The van der Waals surface area contributed by atoms with Gasteiger partial charge < -0.3 is 0 Å². The normalized spacial score (nSPS) is 11.0. The summed E-state index contributed by atoms with van der Waals surface area (Å²) in [6.07, 6.45) is 0. The standard InChI is InChI=1S/C14H6BrCl3N2/c15-7-1-3-9(11(17)5-7)14-19-12-6-8(16)2-4-10(12)13(18)20-14/h1-6H. The van der Waals surface area contributed by atoms with E-state index in [-0.39, 0.29) is 0 Å². The summed E-state index contributed by atoms with van der Waals surface area (Å²) in [6, 6.07) is 10.8. The molecule has 0 radical (unpaired) electrons. The van der Waals surface area contributed by atoms with E-state index in [1.54, 1.807) is 24.3 Å². The number of halogens is 4. The van der Waals surface area contributed by atoms with Crippen molar-refractivity contribution < 1.29 is 0 Å². The van der Waals surface area contributed by atoms with Gasteiger partial charge in [-0.3, -0.25) is 0 Å². The summed E-state index contributed by atoms with van der Waals surface area (Å²) in [7, 11) is 0. The third-order valence-electron chi connectivity index (χ3n) is 2.78. The molecule has 6 heteroatoms. The minimum absolute atomic E-state index is 0.376. The number of nitrogens with zero attached hydrogens (tertiary/aromatic N) is 2. The fourth-order valence-electron chi connectivity index (χ4n) is 1.86. The summed E-state index contributed by atoms with van der Waals surface area (Å²) in [5.41, 5.74) is 1.41. The quantitative estimate of drug-likeness (QED) is 0.477. The van der Waals surface area contributed by atoms with E-state index in [2.05, 4.69) is 25.9 Å². The molecule has 0 amide bonds. The zero-order valence-electron chi connectivity index (χ0n) is 9.87. The molecule has 1 heterocycles. The Morgan fingerprint density at radius 2 is 1.70 bits per heavy atom. The lowest BCUT2D eigenvalue weighted by Crippen LogP contribution is -1.92. The number of hydrogen-bond donors (Lipinski definition) is 0. The van der Waals surface area contributed by atoms with E-state index in [4.69, 9.17) is 34.8 Å². The van der Waals surface area contributed by atoms with Crippen molar-refractivity contribution in [2.75, 3.05) is 0 Å². The second-order valence-electron chi connectivity index (χ2n) is 4.12. The predicted octanol–water partition coefficient (Wildman–Crippen LogP) is 6.02. The zero-order chi connectivity index (χ0) is 14.3. The molecule has 100 valence electrons. The van der Waals surface area contributed by atoms with Gasteiger partial charge in [-0.2, -0.15) is 0 Å². The molecule has 1 aromatic heterocycles. The van der Waals surface area contributed by atoms with Crippen LogP contribution >= 0.6 is 50.7 Å². The number of hydrogen-bond acceptors (Lipinski definition) is 2. The van der Waals surface area contributed by atoms with Crippen LogP contribution in [-0.4, -0.2) is 9.97 Å². The molecule has 0 saturated carbocycles. The van der Waals surface area contributed by atoms with Gasteiger partial charge in [0, 0.05) is 20.4 Å². The highest BCUT2D eigenvalue weighted by molar-refractivity contribution is 9.10. The van der Waals surface area contributed by atoms with Crippen molar-refractivity contribution >= 4 is 61.6 Å². The van der Waals surface area contributed by atoms with Crippen LogP contribution in [-0.2, 0) is 0 Å². The maximum absolute atomic E-state index is 6.22. The molecule has 0 aliphatic rings. The van der Waals surface area contributed by atoms with Crippen LogP contribution in [0.3, 0.4) is 0 Å². The van der Waals surface area contributed by atoms with Crippen LogP contribution in [0.5, 0.6) is 0 Å². The van der Waals surface area contributed by atoms with Gasteiger partial charge in [-0.05, 0) is 36.4 Å². The molecular formula is C14H6BrCl3N2. The minimum Gasteiger partial charge on any atom is -0.228 e. The van der Waals surface area contributed by atoms with Crippen molar-refractivity contribution in [1.82, 2.24) is 9.97 Å². The van der Waals surface area contributed by atoms with Crippen LogP contribution in [0.15, 0.2) is 40.9 Å². The van der Waals surface area contributed by atoms with Gasteiger partial charge in [0.15, 0.2) is 5.82 Å². The lowest BCUT2D eigenvalue weighted by molar-refractivity contribution is 1.23. The van der Waals surface area contributed by atoms with Gasteiger partial charge in [0.25, 0.3) is 0 Å². The molecule has 0 aliphatic heterocycles. The van der Waals surface area contributed by atoms with Crippen LogP contribution < -0.4 is 0 Å². The fraction of sp³-hybridized carbons (Fsp3) is 0. The Bertz CT molecular complexity index is 821. The topological polar surface area (TPSA) is 25.8 Å². The maximum atomic E-state index is 6.22. The van der Waals surface area contributed by atoms with Gasteiger partial charge in [-0.15, -0.1) is 0 Å². The molecule has 0 atom stereocenters. The third-order valence-corrected chi connectivity index (χ3v) is 4.11. The second kappa shape index (κ2) is 5.49. The Kier molecular flexibility index (Phi) is 3.87. The van der Waals surface area contributed by atoms with E-state index in [0.29, 0.717) is 26.5 Å². The first-order valence-electron chi connectivity index (χ1n) is 5.63. The van der Waals surface area contributed by atoms with E-state index in [9.17, 15) is 0 Å². The summed E-state index contributed by atoms with van der Waals surface area (Å²) in [6.45, 7) is 0. The largest absolute Gasteiger partial charge is 0.228 e. The fourth-order valence-corrected chi connectivity index (χ4v) is 3.02. The highest BCUT2D eigenvalue weighted by Crippen LogP contribution is 2.31. The smallest absolute Gasteiger partial charge is 0.162 e. The van der Waals surface area contributed by atoms with Crippen molar-refractivity contribution in [2.45, 2.75) is 0 Å². The van der Waals surface area contributed by atoms with Crippen molar-refractivity contribution in [3.8, 4) is 11.4 Å². The third kappa shape index (κ3) is 2.63. The Morgan fingerprint density at radius 3 is 2.45 bits per heavy atom. The molecule has 0 aliphatic carbocycles.